The van der Waals surface area contributed by atoms with Gasteiger partial charge in [0.1, 0.15) is 6.04 Å². The molecule has 0 aliphatic rings. The van der Waals surface area contributed by atoms with Crippen molar-refractivity contribution in [3.05, 3.63) is 37.2 Å². The second kappa shape index (κ2) is 6.47. The first-order chi connectivity index (χ1) is 9.47. The normalized spacial score (nSPS) is 13.2. The number of aryl methyl sites for hydroxylation is 1. The van der Waals surface area contributed by atoms with Crippen LogP contribution in [-0.2, 0) is 11.8 Å². The maximum absolute atomic E-state index is 11.9. The van der Waals surface area contributed by atoms with E-state index in [1.807, 2.05) is 18.6 Å². The van der Waals surface area contributed by atoms with E-state index in [0.29, 0.717) is 9.68 Å². The highest BCUT2D eigenvalue weighted by atomic mass is 79.9. The molecule has 0 fully saturated rings. The van der Waals surface area contributed by atoms with Crippen LogP contribution in [0.3, 0.4) is 0 Å². The first-order valence-corrected chi connectivity index (χ1v) is 8.21. The number of rotatable bonds is 3. The summed E-state index contributed by atoms with van der Waals surface area (Å²) in [6.07, 6.45) is 1.82. The van der Waals surface area contributed by atoms with Gasteiger partial charge in [-0.2, -0.15) is 4.99 Å². The van der Waals surface area contributed by atoms with Crippen LogP contribution in [0.2, 0.25) is 0 Å². The highest BCUT2D eigenvalue weighted by Gasteiger charge is 2.17. The van der Waals surface area contributed by atoms with Gasteiger partial charge in [0.15, 0.2) is 4.80 Å². The van der Waals surface area contributed by atoms with Crippen molar-refractivity contribution >= 4 is 50.4 Å². The number of carbonyl (C=O) groups excluding carboxylic acids is 2. The van der Waals surface area contributed by atoms with Gasteiger partial charge in [0, 0.05) is 18.6 Å². The van der Waals surface area contributed by atoms with Gasteiger partial charge in [-0.05, 0) is 35.0 Å². The Labute approximate surface area is 132 Å². The van der Waals surface area contributed by atoms with Crippen LogP contribution in [0.4, 0.5) is 0 Å². The van der Waals surface area contributed by atoms with E-state index in [0.717, 1.165) is 3.79 Å². The lowest BCUT2D eigenvalue weighted by Gasteiger charge is -2.08. The quantitative estimate of drug-likeness (QED) is 0.895. The largest absolute Gasteiger partial charge is 0.340 e. The number of nitrogens with zero attached hydrogens (tertiary/aromatic N) is 2. The summed E-state index contributed by atoms with van der Waals surface area (Å²) >= 11 is 5.99. The van der Waals surface area contributed by atoms with Crippen LogP contribution in [0.5, 0.6) is 0 Å². The topological polar surface area (TPSA) is 63.5 Å². The van der Waals surface area contributed by atoms with E-state index in [4.69, 9.17) is 0 Å². The Morgan fingerprint density at radius 3 is 2.75 bits per heavy atom. The second-order valence-electron chi connectivity index (χ2n) is 4.05. The molecule has 2 rings (SSSR count). The summed E-state index contributed by atoms with van der Waals surface area (Å²) in [6.45, 7) is 1.62. The van der Waals surface area contributed by atoms with Crippen LogP contribution in [0.25, 0.3) is 0 Å². The fourth-order valence-electron chi connectivity index (χ4n) is 1.39. The van der Waals surface area contributed by atoms with Crippen LogP contribution in [-0.4, -0.2) is 22.4 Å². The van der Waals surface area contributed by atoms with Crippen LogP contribution in [0.15, 0.2) is 32.5 Å². The van der Waals surface area contributed by atoms with Gasteiger partial charge < -0.3 is 9.88 Å². The molecule has 0 radical (unpaired) electrons. The predicted molar refractivity (Wildman–Crippen MR) is 82.8 cm³/mol. The first kappa shape index (κ1) is 15.1. The first-order valence-electron chi connectivity index (χ1n) is 5.72. The number of hydrogen-bond donors (Lipinski definition) is 1. The van der Waals surface area contributed by atoms with Gasteiger partial charge in [-0.25, -0.2) is 0 Å². The number of thiophene rings is 1. The zero-order chi connectivity index (χ0) is 14.7. The molecule has 0 aliphatic heterocycles. The average Bonchev–Trinajstić information content (AvgIpc) is 2.99. The molecule has 0 bridgehead atoms. The van der Waals surface area contributed by atoms with E-state index in [1.165, 1.54) is 22.7 Å². The SMILES string of the molecule is C[C@H](NC(=O)c1ccc(Br)s1)C(=O)N=c1sccn1C. The summed E-state index contributed by atoms with van der Waals surface area (Å²) in [4.78, 5) is 29.0. The molecule has 8 heteroatoms. The lowest BCUT2D eigenvalue weighted by Crippen LogP contribution is -2.38. The zero-order valence-electron chi connectivity index (χ0n) is 10.8. The molecule has 0 saturated carbocycles. The van der Waals surface area contributed by atoms with Crippen LogP contribution < -0.4 is 10.1 Å². The van der Waals surface area contributed by atoms with Gasteiger partial charge in [-0.1, -0.05) is 0 Å². The fraction of sp³-hybridized carbons (Fsp3) is 0.250. The standard InChI is InChI=1S/C12H12BrN3O2S2/c1-7(10(17)15-12-16(2)5-6-19-12)14-11(18)8-3-4-9(13)20-8/h3-7H,1-2H3,(H,14,18)/t7-/m0/s1. The molecule has 2 heterocycles. The molecule has 5 nitrogen and oxygen atoms in total. The number of hydrogen-bond acceptors (Lipinski definition) is 4. The van der Waals surface area contributed by atoms with Crippen molar-refractivity contribution in [3.8, 4) is 0 Å². The Hall–Kier alpha value is -1.25. The Kier molecular flexibility index (Phi) is 4.90. The van der Waals surface area contributed by atoms with Crippen molar-refractivity contribution < 1.29 is 9.59 Å². The Bertz CT molecular complexity index is 701. The Morgan fingerprint density at radius 2 is 2.20 bits per heavy atom. The molecule has 1 N–H and O–H groups in total. The van der Waals surface area contributed by atoms with Gasteiger partial charge in [-0.3, -0.25) is 9.59 Å². The van der Waals surface area contributed by atoms with Gasteiger partial charge >= 0.3 is 0 Å². The van der Waals surface area contributed by atoms with E-state index in [1.54, 1.807) is 23.6 Å². The number of thiazole rings is 1. The van der Waals surface area contributed by atoms with E-state index in [9.17, 15) is 9.59 Å². The molecule has 20 heavy (non-hydrogen) atoms. The summed E-state index contributed by atoms with van der Waals surface area (Å²) < 4.78 is 2.63. The summed E-state index contributed by atoms with van der Waals surface area (Å²) in [6, 6.07) is 2.84. The maximum Gasteiger partial charge on any atom is 0.270 e. The molecule has 0 unspecified atom stereocenters. The summed E-state index contributed by atoms with van der Waals surface area (Å²) in [5.74, 6) is -0.640. The van der Waals surface area contributed by atoms with Crippen molar-refractivity contribution in [2.75, 3.05) is 0 Å². The molecule has 2 amide bonds. The van der Waals surface area contributed by atoms with Gasteiger partial charge in [-0.15, -0.1) is 22.7 Å². The number of halogens is 1. The van der Waals surface area contributed by atoms with Gasteiger partial charge in [0.05, 0.1) is 8.66 Å². The second-order valence-corrected chi connectivity index (χ2v) is 7.38. The van der Waals surface area contributed by atoms with Crippen molar-refractivity contribution in [2.24, 2.45) is 12.0 Å². The molecule has 2 aromatic heterocycles. The minimum atomic E-state index is -0.662. The number of nitrogens with one attached hydrogen (secondary N) is 1. The van der Waals surface area contributed by atoms with Crippen molar-refractivity contribution in [1.29, 1.82) is 0 Å². The minimum Gasteiger partial charge on any atom is -0.340 e. The maximum atomic E-state index is 11.9. The monoisotopic (exact) mass is 373 g/mol. The zero-order valence-corrected chi connectivity index (χ0v) is 14.0. The Morgan fingerprint density at radius 1 is 1.45 bits per heavy atom. The molecule has 106 valence electrons. The fourth-order valence-corrected chi connectivity index (χ4v) is 3.42. The minimum absolute atomic E-state index is 0.271. The van der Waals surface area contributed by atoms with Gasteiger partial charge in [0.2, 0.25) is 0 Å². The third kappa shape index (κ3) is 3.65. The third-order valence-corrected chi connectivity index (χ3v) is 4.95. The molecule has 0 aromatic carbocycles. The molecule has 0 saturated heterocycles. The molecule has 2 aromatic rings. The molecular formula is C12H12BrN3O2S2. The highest BCUT2D eigenvalue weighted by Crippen LogP contribution is 2.21. The summed E-state index contributed by atoms with van der Waals surface area (Å²) in [7, 11) is 1.81. The van der Waals surface area contributed by atoms with E-state index < -0.39 is 6.04 Å². The molecule has 0 spiro atoms. The molecule has 0 aliphatic carbocycles. The molecule has 1 atom stereocenters. The lowest BCUT2D eigenvalue weighted by atomic mass is 10.3. The number of amides is 2. The average molecular weight is 374 g/mol. The van der Waals surface area contributed by atoms with Crippen LogP contribution in [0, 0.1) is 0 Å². The predicted octanol–water partition coefficient (Wildman–Crippen LogP) is 2.16. The van der Waals surface area contributed by atoms with Crippen LogP contribution in [0.1, 0.15) is 16.6 Å². The number of carbonyl (C=O) groups is 2. The van der Waals surface area contributed by atoms with E-state index in [-0.39, 0.29) is 11.8 Å². The van der Waals surface area contributed by atoms with E-state index >= 15 is 0 Å². The molecular weight excluding hydrogens is 362 g/mol. The Balaban J connectivity index is 2.05. The third-order valence-electron chi connectivity index (χ3n) is 2.48. The lowest BCUT2D eigenvalue weighted by molar-refractivity contribution is -0.119. The summed E-state index contributed by atoms with van der Waals surface area (Å²) in [5.41, 5.74) is 0. The van der Waals surface area contributed by atoms with Crippen molar-refractivity contribution in [2.45, 2.75) is 13.0 Å². The summed E-state index contributed by atoms with van der Waals surface area (Å²) in [5, 5.41) is 4.49. The smallest absolute Gasteiger partial charge is 0.270 e. The number of aromatic nitrogens is 1. The van der Waals surface area contributed by atoms with Gasteiger partial charge in [0.25, 0.3) is 11.8 Å². The van der Waals surface area contributed by atoms with Crippen molar-refractivity contribution in [3.63, 3.8) is 0 Å². The highest BCUT2D eigenvalue weighted by molar-refractivity contribution is 9.11. The van der Waals surface area contributed by atoms with Crippen LogP contribution >= 0.6 is 38.6 Å². The van der Waals surface area contributed by atoms with Crippen molar-refractivity contribution in [1.82, 2.24) is 9.88 Å². The van der Waals surface area contributed by atoms with E-state index in [2.05, 4.69) is 26.2 Å².